The van der Waals surface area contributed by atoms with Crippen LogP contribution in [0.5, 0.6) is 0 Å². The zero-order valence-corrected chi connectivity index (χ0v) is 19.3. The van der Waals surface area contributed by atoms with Crippen LogP contribution in [0.25, 0.3) is 22.2 Å². The Morgan fingerprint density at radius 3 is 2.71 bits per heavy atom. The van der Waals surface area contributed by atoms with E-state index in [0.717, 1.165) is 79.5 Å². The molecule has 0 radical (unpaired) electrons. The molecule has 0 bridgehead atoms. The second kappa shape index (κ2) is 9.63. The van der Waals surface area contributed by atoms with E-state index in [1.807, 2.05) is 18.5 Å². The number of pyridine rings is 2. The van der Waals surface area contributed by atoms with E-state index < -0.39 is 0 Å². The molecule has 2 N–H and O–H groups in total. The fourth-order valence-electron chi connectivity index (χ4n) is 4.58. The van der Waals surface area contributed by atoms with Crippen LogP contribution in [0.15, 0.2) is 48.0 Å². The standard InChI is InChI=1S/C25H28N8O/c1-28-11-21(9-26)20-8-23(25-22(10-27)13-30-33(25)15-20)19-2-3-24(29-12-19)32-6-4-31(5-7-32)14-18-16-34-17-18/h2-3,8-9,11-13,15,18H,4-7,14,16-17,26H2,1H3. The Hall–Kier alpha value is -3.74. The van der Waals surface area contributed by atoms with Crippen molar-refractivity contribution in [2.45, 2.75) is 0 Å². The van der Waals surface area contributed by atoms with Crippen LogP contribution in [0.4, 0.5) is 5.82 Å². The summed E-state index contributed by atoms with van der Waals surface area (Å²) in [5, 5.41) is 14.0. The van der Waals surface area contributed by atoms with Crippen LogP contribution in [0, 0.1) is 17.2 Å². The molecule has 174 valence electrons. The highest BCUT2D eigenvalue weighted by Crippen LogP contribution is 2.30. The number of aromatic nitrogens is 3. The highest BCUT2D eigenvalue weighted by Gasteiger charge is 2.25. The third kappa shape index (κ3) is 4.25. The molecule has 2 aliphatic heterocycles. The van der Waals surface area contributed by atoms with Gasteiger partial charge in [-0.3, -0.25) is 9.89 Å². The van der Waals surface area contributed by atoms with E-state index in [-0.39, 0.29) is 0 Å². The summed E-state index contributed by atoms with van der Waals surface area (Å²) in [4.78, 5) is 13.7. The predicted octanol–water partition coefficient (Wildman–Crippen LogP) is 2.04. The van der Waals surface area contributed by atoms with Gasteiger partial charge in [0.25, 0.3) is 0 Å². The number of ether oxygens (including phenoxy) is 1. The van der Waals surface area contributed by atoms with Crippen molar-refractivity contribution < 1.29 is 4.74 Å². The van der Waals surface area contributed by atoms with Gasteiger partial charge in [0.1, 0.15) is 11.9 Å². The van der Waals surface area contributed by atoms with Crippen molar-refractivity contribution >= 4 is 23.1 Å². The van der Waals surface area contributed by atoms with Crippen molar-refractivity contribution in [1.29, 1.82) is 5.26 Å². The SMILES string of the molecule is CN=CC(=CN)c1cc(-c2ccc(N3CCN(CC4COC4)CC3)nc2)c2c(C#N)cnn2c1. The molecule has 2 aliphatic rings. The maximum Gasteiger partial charge on any atom is 0.128 e. The number of nitriles is 1. The minimum absolute atomic E-state index is 0.515. The lowest BCUT2D eigenvalue weighted by atomic mass is 10.0. The molecule has 0 atom stereocenters. The van der Waals surface area contributed by atoms with Crippen molar-refractivity contribution in [1.82, 2.24) is 19.5 Å². The van der Waals surface area contributed by atoms with Crippen molar-refractivity contribution in [3.63, 3.8) is 0 Å². The summed E-state index contributed by atoms with van der Waals surface area (Å²) >= 11 is 0. The third-order valence-electron chi connectivity index (χ3n) is 6.49. The Balaban J connectivity index is 1.41. The average molecular weight is 457 g/mol. The minimum Gasteiger partial charge on any atom is -0.404 e. The third-order valence-corrected chi connectivity index (χ3v) is 6.49. The number of allylic oxidation sites excluding steroid dienone is 1. The quantitative estimate of drug-likeness (QED) is 0.566. The largest absolute Gasteiger partial charge is 0.404 e. The van der Waals surface area contributed by atoms with Crippen LogP contribution in [-0.4, -0.2) is 78.7 Å². The van der Waals surface area contributed by atoms with Gasteiger partial charge in [0.2, 0.25) is 0 Å². The van der Waals surface area contributed by atoms with Gasteiger partial charge in [-0.1, -0.05) is 0 Å². The van der Waals surface area contributed by atoms with E-state index in [0.29, 0.717) is 11.5 Å². The number of fused-ring (bicyclic) bond motifs is 1. The molecule has 9 nitrogen and oxygen atoms in total. The monoisotopic (exact) mass is 456 g/mol. The summed E-state index contributed by atoms with van der Waals surface area (Å²) < 4.78 is 7.02. The number of rotatable bonds is 6. The molecule has 5 heterocycles. The molecule has 34 heavy (non-hydrogen) atoms. The second-order valence-corrected chi connectivity index (χ2v) is 8.71. The van der Waals surface area contributed by atoms with Gasteiger partial charge in [-0.2, -0.15) is 10.4 Å². The summed E-state index contributed by atoms with van der Waals surface area (Å²) in [6.07, 6.45) is 8.54. The summed E-state index contributed by atoms with van der Waals surface area (Å²) in [6.45, 7) is 6.92. The van der Waals surface area contributed by atoms with Crippen molar-refractivity contribution in [2.24, 2.45) is 16.6 Å². The molecule has 0 saturated carbocycles. The molecule has 3 aromatic rings. The van der Waals surface area contributed by atoms with Crippen molar-refractivity contribution in [3.8, 4) is 17.2 Å². The van der Waals surface area contributed by atoms with Crippen LogP contribution in [0.3, 0.4) is 0 Å². The molecule has 0 amide bonds. The lowest BCUT2D eigenvalue weighted by Gasteiger charge is -2.38. The number of aliphatic imine (C=N–C) groups is 1. The Morgan fingerprint density at radius 2 is 2.09 bits per heavy atom. The van der Waals surface area contributed by atoms with E-state index in [4.69, 9.17) is 15.5 Å². The second-order valence-electron chi connectivity index (χ2n) is 8.71. The fourth-order valence-corrected chi connectivity index (χ4v) is 4.58. The molecular formula is C25H28N8O. The first-order valence-corrected chi connectivity index (χ1v) is 11.5. The Morgan fingerprint density at radius 1 is 1.26 bits per heavy atom. The van der Waals surface area contributed by atoms with Gasteiger partial charge in [-0.05, 0) is 18.2 Å². The molecular weight excluding hydrogens is 428 g/mol. The summed E-state index contributed by atoms with van der Waals surface area (Å²) in [5.41, 5.74) is 10.5. The lowest BCUT2D eigenvalue weighted by molar-refractivity contribution is -0.0469. The predicted molar refractivity (Wildman–Crippen MR) is 133 cm³/mol. The number of hydrogen-bond donors (Lipinski definition) is 1. The minimum atomic E-state index is 0.515. The van der Waals surface area contributed by atoms with E-state index in [1.54, 1.807) is 24.0 Å². The highest BCUT2D eigenvalue weighted by molar-refractivity contribution is 6.10. The molecule has 2 saturated heterocycles. The van der Waals surface area contributed by atoms with Gasteiger partial charge in [0.05, 0.1) is 30.5 Å². The molecule has 0 aromatic carbocycles. The first-order chi connectivity index (χ1) is 16.7. The molecule has 0 spiro atoms. The zero-order chi connectivity index (χ0) is 23.5. The molecule has 0 unspecified atom stereocenters. The number of nitrogens with two attached hydrogens (primary N) is 1. The molecule has 3 aromatic heterocycles. The Labute approximate surface area is 198 Å². The molecule has 9 heteroatoms. The van der Waals surface area contributed by atoms with Gasteiger partial charge in [-0.25, -0.2) is 9.50 Å². The Bertz CT molecular complexity index is 1260. The van der Waals surface area contributed by atoms with Crippen LogP contribution in [0.2, 0.25) is 0 Å². The first kappa shape index (κ1) is 22.1. The van der Waals surface area contributed by atoms with Crippen LogP contribution >= 0.6 is 0 Å². The number of anilines is 1. The zero-order valence-electron chi connectivity index (χ0n) is 19.3. The summed E-state index contributed by atoms with van der Waals surface area (Å²) in [7, 11) is 1.70. The van der Waals surface area contributed by atoms with E-state index in [9.17, 15) is 5.26 Å². The molecule has 5 rings (SSSR count). The van der Waals surface area contributed by atoms with Gasteiger partial charge in [-0.15, -0.1) is 0 Å². The maximum absolute atomic E-state index is 9.63. The normalized spacial score (nSPS) is 17.9. The topological polar surface area (TPSA) is 108 Å². The van der Waals surface area contributed by atoms with Gasteiger partial charge in [0.15, 0.2) is 0 Å². The highest BCUT2D eigenvalue weighted by atomic mass is 16.5. The molecule has 2 fully saturated rings. The van der Waals surface area contributed by atoms with Gasteiger partial charge in [0, 0.05) is 92.8 Å². The fraction of sp³-hybridized carbons (Fsp3) is 0.360. The number of nitrogens with zero attached hydrogens (tertiary/aromatic N) is 7. The van der Waals surface area contributed by atoms with Crippen LogP contribution in [0.1, 0.15) is 11.1 Å². The average Bonchev–Trinajstić information content (AvgIpc) is 3.28. The van der Waals surface area contributed by atoms with E-state index in [2.05, 4.69) is 38.1 Å². The Kier molecular flexibility index (Phi) is 6.25. The van der Waals surface area contributed by atoms with Gasteiger partial charge < -0.3 is 15.4 Å². The van der Waals surface area contributed by atoms with E-state index in [1.165, 1.54) is 6.20 Å². The maximum atomic E-state index is 9.63. The number of piperazine rings is 1. The van der Waals surface area contributed by atoms with Gasteiger partial charge >= 0.3 is 0 Å². The summed E-state index contributed by atoms with van der Waals surface area (Å²) in [5.74, 6) is 1.66. The van der Waals surface area contributed by atoms with E-state index >= 15 is 0 Å². The van der Waals surface area contributed by atoms with Crippen LogP contribution in [-0.2, 0) is 4.74 Å². The smallest absolute Gasteiger partial charge is 0.128 e. The number of hydrogen-bond acceptors (Lipinski definition) is 8. The first-order valence-electron chi connectivity index (χ1n) is 11.5. The lowest BCUT2D eigenvalue weighted by Crippen LogP contribution is -2.50. The summed E-state index contributed by atoms with van der Waals surface area (Å²) in [6, 6.07) is 8.38. The molecule has 0 aliphatic carbocycles. The van der Waals surface area contributed by atoms with Crippen molar-refractivity contribution in [2.75, 3.05) is 57.9 Å². The van der Waals surface area contributed by atoms with Crippen LogP contribution < -0.4 is 10.6 Å². The van der Waals surface area contributed by atoms with Crippen molar-refractivity contribution in [3.05, 3.63) is 54.1 Å².